The number of hydrogen-bond acceptors (Lipinski definition) is 8. The van der Waals surface area contributed by atoms with E-state index in [1.54, 1.807) is 6.20 Å². The summed E-state index contributed by atoms with van der Waals surface area (Å²) in [6.45, 7) is 1.26. The first kappa shape index (κ1) is 19.5. The van der Waals surface area contributed by atoms with Crippen LogP contribution in [0.5, 0.6) is 0 Å². The molecule has 0 saturated heterocycles. The predicted octanol–water partition coefficient (Wildman–Crippen LogP) is 2.00. The number of hydrogen-bond donors (Lipinski definition) is 2. The second kappa shape index (κ2) is 7.37. The molecule has 27 heavy (non-hydrogen) atoms. The van der Waals surface area contributed by atoms with Crippen molar-refractivity contribution in [3.05, 3.63) is 41.4 Å². The quantitative estimate of drug-likeness (QED) is 0.557. The first-order valence-electron chi connectivity index (χ1n) is 8.11. The average Bonchev–Trinajstić information content (AvgIpc) is 3.32. The number of hydroxylamine groups is 1. The van der Waals surface area contributed by atoms with Crippen LogP contribution in [0.15, 0.2) is 41.0 Å². The smallest absolute Gasteiger partial charge is 0.264 e. The summed E-state index contributed by atoms with van der Waals surface area (Å²) in [7, 11) is -3.78. The highest BCUT2D eigenvalue weighted by Crippen LogP contribution is 2.30. The lowest BCUT2D eigenvalue weighted by atomic mass is 9.96. The van der Waals surface area contributed by atoms with Gasteiger partial charge in [0.1, 0.15) is 6.10 Å². The van der Waals surface area contributed by atoms with Gasteiger partial charge in [-0.1, -0.05) is 29.4 Å². The maximum Gasteiger partial charge on any atom is 0.264 e. The van der Waals surface area contributed by atoms with Gasteiger partial charge in [-0.05, 0) is 29.6 Å². The second-order valence-corrected chi connectivity index (χ2v) is 9.71. The van der Waals surface area contributed by atoms with Crippen molar-refractivity contribution in [2.45, 2.75) is 30.6 Å². The fourth-order valence-electron chi connectivity index (χ4n) is 2.88. The highest BCUT2D eigenvalue weighted by Gasteiger charge is 2.47. The lowest BCUT2D eigenvalue weighted by Crippen LogP contribution is -2.51. The molecule has 1 aromatic heterocycles. The van der Waals surface area contributed by atoms with E-state index in [0.29, 0.717) is 12.1 Å². The van der Waals surface area contributed by atoms with E-state index >= 15 is 0 Å². The maximum absolute atomic E-state index is 12.1. The molecule has 2 N–H and O–H groups in total. The number of amides is 1. The zero-order valence-electron chi connectivity index (χ0n) is 14.7. The van der Waals surface area contributed by atoms with Gasteiger partial charge in [0.15, 0.2) is 14.6 Å². The minimum Gasteiger partial charge on any atom is -0.392 e. The van der Waals surface area contributed by atoms with Crippen molar-refractivity contribution in [1.82, 2.24) is 9.85 Å². The third-order valence-corrected chi connectivity index (χ3v) is 7.31. The molecule has 0 saturated carbocycles. The van der Waals surface area contributed by atoms with Crippen LogP contribution in [0.1, 0.15) is 25.3 Å². The summed E-state index contributed by atoms with van der Waals surface area (Å²) in [5.41, 5.74) is 5.04. The minimum atomic E-state index is -3.78. The van der Waals surface area contributed by atoms with Gasteiger partial charge in [-0.2, -0.15) is 0 Å². The zero-order chi connectivity index (χ0) is 19.7. The molecule has 10 heteroatoms. The molecule has 1 aliphatic rings. The van der Waals surface area contributed by atoms with Crippen molar-refractivity contribution >= 4 is 33.0 Å². The first-order chi connectivity index (χ1) is 12.7. The Hall–Kier alpha value is -2.30. The van der Waals surface area contributed by atoms with E-state index in [2.05, 4.69) is 9.53 Å². The Bertz CT molecular complexity index is 955. The van der Waals surface area contributed by atoms with Crippen LogP contribution in [0.2, 0.25) is 0 Å². The van der Waals surface area contributed by atoms with E-state index in [0.717, 1.165) is 22.9 Å². The van der Waals surface area contributed by atoms with E-state index in [9.17, 15) is 13.2 Å². The average molecular weight is 409 g/mol. The van der Waals surface area contributed by atoms with Gasteiger partial charge >= 0.3 is 0 Å². The van der Waals surface area contributed by atoms with Crippen LogP contribution in [-0.4, -0.2) is 46.7 Å². The van der Waals surface area contributed by atoms with E-state index in [-0.39, 0.29) is 6.42 Å². The van der Waals surface area contributed by atoms with Crippen molar-refractivity contribution in [2.24, 2.45) is 5.16 Å². The number of carbonyl (C=O) groups is 1. The SMILES string of the molecule is CC(C[C@H]1CC(c2ccc(-c3cnsc3)cc2)=NO1)(C(=O)NO)S(C)(=O)=O. The molecule has 0 spiro atoms. The number of nitrogens with zero attached hydrogens (tertiary/aromatic N) is 2. The Balaban J connectivity index is 1.72. The summed E-state index contributed by atoms with van der Waals surface area (Å²) >= 11 is 1.38. The van der Waals surface area contributed by atoms with Crippen LogP contribution >= 0.6 is 11.5 Å². The molecule has 8 nitrogen and oxygen atoms in total. The summed E-state index contributed by atoms with van der Waals surface area (Å²) in [5.74, 6) is -0.990. The van der Waals surface area contributed by atoms with Crippen LogP contribution in [0.4, 0.5) is 0 Å². The zero-order valence-corrected chi connectivity index (χ0v) is 16.4. The van der Waals surface area contributed by atoms with E-state index < -0.39 is 26.6 Å². The second-order valence-electron chi connectivity index (χ2n) is 6.61. The van der Waals surface area contributed by atoms with Gasteiger partial charge in [0.2, 0.25) is 0 Å². The number of oxime groups is 1. The summed E-state index contributed by atoms with van der Waals surface area (Å²) in [5, 5.41) is 14.9. The molecule has 1 unspecified atom stereocenters. The minimum absolute atomic E-state index is 0.121. The first-order valence-corrected chi connectivity index (χ1v) is 10.8. The van der Waals surface area contributed by atoms with Crippen molar-refractivity contribution in [3.63, 3.8) is 0 Å². The molecule has 0 bridgehead atoms. The van der Waals surface area contributed by atoms with Gasteiger partial charge in [-0.25, -0.2) is 18.3 Å². The lowest BCUT2D eigenvalue weighted by molar-refractivity contribution is -0.132. The van der Waals surface area contributed by atoms with Crippen LogP contribution in [0.3, 0.4) is 0 Å². The molecule has 144 valence electrons. The number of rotatable bonds is 6. The number of carbonyl (C=O) groups excluding carboxylic acids is 1. The molecule has 2 heterocycles. The monoisotopic (exact) mass is 409 g/mol. The Morgan fingerprint density at radius 1 is 1.33 bits per heavy atom. The highest BCUT2D eigenvalue weighted by atomic mass is 32.2. The topological polar surface area (TPSA) is 118 Å². The third-order valence-electron chi connectivity index (χ3n) is 4.73. The Morgan fingerprint density at radius 3 is 2.56 bits per heavy atom. The Labute approximate surface area is 160 Å². The van der Waals surface area contributed by atoms with Gasteiger partial charge < -0.3 is 4.84 Å². The largest absolute Gasteiger partial charge is 0.392 e. The molecule has 3 rings (SSSR count). The normalized spacial score (nSPS) is 19.1. The van der Waals surface area contributed by atoms with Gasteiger partial charge in [0.05, 0.1) is 5.71 Å². The summed E-state index contributed by atoms with van der Waals surface area (Å²) < 4.78 is 26.4. The molecule has 0 aliphatic carbocycles. The molecular formula is C17H19N3O5S2. The number of aromatic nitrogens is 1. The van der Waals surface area contributed by atoms with Crippen LogP contribution in [0, 0.1) is 0 Å². The lowest BCUT2D eigenvalue weighted by Gasteiger charge is -2.26. The van der Waals surface area contributed by atoms with E-state index in [4.69, 9.17) is 10.0 Å². The molecule has 0 fully saturated rings. The van der Waals surface area contributed by atoms with Gasteiger partial charge in [0.25, 0.3) is 5.91 Å². The van der Waals surface area contributed by atoms with Crippen molar-refractivity contribution in [3.8, 4) is 11.1 Å². The Morgan fingerprint density at radius 2 is 2.00 bits per heavy atom. The fraction of sp³-hybridized carbons (Fsp3) is 0.353. The van der Waals surface area contributed by atoms with Crippen molar-refractivity contribution < 1.29 is 23.3 Å². The predicted molar refractivity (Wildman–Crippen MR) is 101 cm³/mol. The molecule has 1 aliphatic heterocycles. The van der Waals surface area contributed by atoms with Gasteiger partial charge in [-0.15, -0.1) is 0 Å². The summed E-state index contributed by atoms with van der Waals surface area (Å²) in [6.07, 6.45) is 2.41. The number of benzene rings is 1. The summed E-state index contributed by atoms with van der Waals surface area (Å²) in [6, 6.07) is 7.73. The van der Waals surface area contributed by atoms with Crippen LogP contribution in [0.25, 0.3) is 11.1 Å². The molecule has 2 atom stereocenters. The third kappa shape index (κ3) is 3.87. The number of nitrogens with one attached hydrogen (secondary N) is 1. The van der Waals surface area contributed by atoms with Gasteiger partial charge in [0, 0.05) is 36.2 Å². The maximum atomic E-state index is 12.1. The van der Waals surface area contributed by atoms with E-state index in [1.807, 2.05) is 29.6 Å². The molecule has 0 radical (unpaired) electrons. The van der Waals surface area contributed by atoms with Gasteiger partial charge in [-0.3, -0.25) is 10.0 Å². The Kier molecular flexibility index (Phi) is 5.31. The van der Waals surface area contributed by atoms with E-state index in [1.165, 1.54) is 23.9 Å². The highest BCUT2D eigenvalue weighted by molar-refractivity contribution is 7.92. The number of sulfone groups is 1. The molecule has 1 aromatic carbocycles. The van der Waals surface area contributed by atoms with Crippen molar-refractivity contribution in [2.75, 3.05) is 6.26 Å². The molecular weight excluding hydrogens is 390 g/mol. The molecule has 2 aromatic rings. The van der Waals surface area contributed by atoms with Crippen molar-refractivity contribution in [1.29, 1.82) is 0 Å². The van der Waals surface area contributed by atoms with Crippen LogP contribution in [-0.2, 0) is 19.5 Å². The summed E-state index contributed by atoms with van der Waals surface area (Å²) in [4.78, 5) is 17.3. The van der Waals surface area contributed by atoms with Crippen LogP contribution < -0.4 is 5.48 Å². The fourth-order valence-corrected chi connectivity index (χ4v) is 4.29. The molecule has 1 amide bonds. The standard InChI is InChI=1S/C17H19N3O5S2/c1-17(16(21)19-22,27(2,23)24)8-14-7-15(20-25-14)12-5-3-11(4-6-12)13-9-18-26-10-13/h3-6,9-10,14,22H,7-8H2,1-2H3,(H,19,21)/t14-,17?/m1/s1.